The van der Waals surface area contributed by atoms with E-state index < -0.39 is 5.41 Å². The molecule has 2 unspecified atom stereocenters. The van der Waals surface area contributed by atoms with Crippen molar-refractivity contribution in [2.45, 2.75) is 13.0 Å². The molecule has 0 aliphatic carbocycles. The maximum Gasteiger partial charge on any atom is 0.234 e. The molecule has 1 aliphatic rings. The highest BCUT2D eigenvalue weighted by Gasteiger charge is 2.44. The first-order chi connectivity index (χ1) is 8.43. The first-order valence-corrected chi connectivity index (χ1v) is 6.70. The Hall–Kier alpha value is -0.620. The van der Waals surface area contributed by atoms with E-state index in [0.29, 0.717) is 23.9 Å². The van der Waals surface area contributed by atoms with Crippen LogP contribution in [0.5, 0.6) is 0 Å². The molecular weight excluding hydrogens is 320 g/mol. The summed E-state index contributed by atoms with van der Waals surface area (Å²) in [5.41, 5.74) is 5.89. The molecule has 1 aromatic rings. The van der Waals surface area contributed by atoms with Crippen molar-refractivity contribution in [2.75, 3.05) is 18.5 Å². The molecule has 98 valence electrons. The van der Waals surface area contributed by atoms with Gasteiger partial charge in [-0.1, -0.05) is 11.6 Å². The smallest absolute Gasteiger partial charge is 0.234 e. The van der Waals surface area contributed by atoms with Gasteiger partial charge in [0.05, 0.1) is 24.3 Å². The van der Waals surface area contributed by atoms with Crippen LogP contribution in [0.4, 0.5) is 5.69 Å². The van der Waals surface area contributed by atoms with Crippen LogP contribution in [0, 0.1) is 5.41 Å². The highest BCUT2D eigenvalue weighted by Crippen LogP contribution is 2.31. The van der Waals surface area contributed by atoms with Crippen molar-refractivity contribution in [2.24, 2.45) is 11.1 Å². The molecule has 18 heavy (non-hydrogen) atoms. The molecule has 1 amide bonds. The van der Waals surface area contributed by atoms with Crippen LogP contribution in [0.2, 0.25) is 5.02 Å². The number of hydrogen-bond acceptors (Lipinski definition) is 3. The summed E-state index contributed by atoms with van der Waals surface area (Å²) in [6.07, 6.45) is 0. The fourth-order valence-corrected chi connectivity index (χ4v) is 2.56. The van der Waals surface area contributed by atoms with Crippen LogP contribution in [0.25, 0.3) is 0 Å². The Morgan fingerprint density at radius 2 is 2.39 bits per heavy atom. The summed E-state index contributed by atoms with van der Waals surface area (Å²) in [7, 11) is 0. The Kier molecular flexibility index (Phi) is 3.96. The normalized spacial score (nSPS) is 27.2. The molecule has 2 rings (SSSR count). The van der Waals surface area contributed by atoms with Crippen molar-refractivity contribution < 1.29 is 9.53 Å². The van der Waals surface area contributed by atoms with Crippen LogP contribution in [-0.2, 0) is 9.53 Å². The number of rotatable bonds is 2. The minimum absolute atomic E-state index is 0.143. The van der Waals surface area contributed by atoms with E-state index in [0.717, 1.165) is 4.47 Å². The number of benzene rings is 1. The highest BCUT2D eigenvalue weighted by atomic mass is 79.9. The molecule has 6 heteroatoms. The van der Waals surface area contributed by atoms with E-state index in [1.165, 1.54) is 0 Å². The summed E-state index contributed by atoms with van der Waals surface area (Å²) < 4.78 is 6.00. The van der Waals surface area contributed by atoms with E-state index in [1.54, 1.807) is 18.2 Å². The van der Waals surface area contributed by atoms with Crippen LogP contribution in [0.1, 0.15) is 6.92 Å². The summed E-state index contributed by atoms with van der Waals surface area (Å²) in [5.74, 6) is -0.143. The zero-order valence-corrected chi connectivity index (χ0v) is 12.2. The molecule has 4 nitrogen and oxygen atoms in total. The molecule has 0 aromatic heterocycles. The topological polar surface area (TPSA) is 64.3 Å². The van der Waals surface area contributed by atoms with Gasteiger partial charge in [0.25, 0.3) is 0 Å². The minimum atomic E-state index is -0.695. The van der Waals surface area contributed by atoms with Gasteiger partial charge in [-0.2, -0.15) is 0 Å². The van der Waals surface area contributed by atoms with Gasteiger partial charge < -0.3 is 15.8 Å². The Labute approximate surface area is 119 Å². The average Bonchev–Trinajstić information content (AvgIpc) is 2.64. The van der Waals surface area contributed by atoms with Crippen LogP contribution in [0.3, 0.4) is 0 Å². The van der Waals surface area contributed by atoms with E-state index in [1.807, 2.05) is 6.92 Å². The van der Waals surface area contributed by atoms with E-state index >= 15 is 0 Å². The van der Waals surface area contributed by atoms with E-state index in [-0.39, 0.29) is 11.9 Å². The Bertz CT molecular complexity index is 483. The lowest BCUT2D eigenvalue weighted by atomic mass is 9.85. The van der Waals surface area contributed by atoms with Gasteiger partial charge in [-0.15, -0.1) is 0 Å². The summed E-state index contributed by atoms with van der Waals surface area (Å²) in [6.45, 7) is 2.56. The van der Waals surface area contributed by atoms with Crippen molar-refractivity contribution in [3.05, 3.63) is 27.7 Å². The van der Waals surface area contributed by atoms with Gasteiger partial charge in [0.2, 0.25) is 5.91 Å². The quantitative estimate of drug-likeness (QED) is 0.873. The summed E-state index contributed by atoms with van der Waals surface area (Å²) in [4.78, 5) is 12.3. The largest absolute Gasteiger partial charge is 0.379 e. The predicted octanol–water partition coefficient (Wildman–Crippen LogP) is 2.40. The van der Waals surface area contributed by atoms with Crippen LogP contribution < -0.4 is 11.1 Å². The highest BCUT2D eigenvalue weighted by molar-refractivity contribution is 9.10. The van der Waals surface area contributed by atoms with Gasteiger partial charge in [-0.25, -0.2) is 0 Å². The number of carbonyl (C=O) groups is 1. The monoisotopic (exact) mass is 332 g/mol. The third kappa shape index (κ3) is 2.54. The predicted molar refractivity (Wildman–Crippen MR) is 74.7 cm³/mol. The molecule has 0 bridgehead atoms. The van der Waals surface area contributed by atoms with Crippen molar-refractivity contribution in [1.82, 2.24) is 0 Å². The number of hydrogen-bond donors (Lipinski definition) is 2. The average molecular weight is 334 g/mol. The number of amides is 1. The molecule has 0 radical (unpaired) electrons. The maximum absolute atomic E-state index is 12.3. The van der Waals surface area contributed by atoms with Crippen LogP contribution >= 0.6 is 27.5 Å². The second kappa shape index (κ2) is 5.17. The van der Waals surface area contributed by atoms with Crippen molar-refractivity contribution >= 4 is 39.1 Å². The first-order valence-electron chi connectivity index (χ1n) is 5.53. The fourth-order valence-electron chi connectivity index (χ4n) is 1.78. The van der Waals surface area contributed by atoms with E-state index in [4.69, 9.17) is 22.1 Å². The lowest BCUT2D eigenvalue weighted by Gasteiger charge is -2.25. The molecule has 1 heterocycles. The summed E-state index contributed by atoms with van der Waals surface area (Å²) >= 11 is 9.20. The number of anilines is 1. The maximum atomic E-state index is 12.3. The standard InChI is InChI=1S/C12H14BrClN2O2/c1-12(6-18-5-10(12)15)11(17)16-9-3-2-7(14)4-8(9)13/h2-4,10H,5-6,15H2,1H3,(H,16,17). The lowest BCUT2D eigenvalue weighted by molar-refractivity contribution is -0.125. The summed E-state index contributed by atoms with van der Waals surface area (Å²) in [5, 5.41) is 3.45. The molecule has 0 saturated carbocycles. The molecule has 2 atom stereocenters. The Balaban J connectivity index is 2.16. The van der Waals surface area contributed by atoms with Gasteiger partial charge in [-0.05, 0) is 41.1 Å². The number of carbonyl (C=O) groups excluding carboxylic acids is 1. The van der Waals surface area contributed by atoms with E-state index in [2.05, 4.69) is 21.2 Å². The van der Waals surface area contributed by atoms with Gasteiger partial charge in [0.1, 0.15) is 0 Å². The van der Waals surface area contributed by atoms with Crippen molar-refractivity contribution in [3.63, 3.8) is 0 Å². The fraction of sp³-hybridized carbons (Fsp3) is 0.417. The Morgan fingerprint density at radius 3 is 2.94 bits per heavy atom. The van der Waals surface area contributed by atoms with Gasteiger partial charge in [0, 0.05) is 15.5 Å². The SMILES string of the molecule is CC1(C(=O)Nc2ccc(Cl)cc2Br)COCC1N. The number of nitrogens with one attached hydrogen (secondary N) is 1. The molecule has 0 spiro atoms. The van der Waals surface area contributed by atoms with Gasteiger partial charge in [0.15, 0.2) is 0 Å². The zero-order chi connectivity index (χ0) is 13.3. The minimum Gasteiger partial charge on any atom is -0.379 e. The first kappa shape index (κ1) is 13.8. The van der Waals surface area contributed by atoms with Crippen molar-refractivity contribution in [3.8, 4) is 0 Å². The lowest BCUT2D eigenvalue weighted by Crippen LogP contribution is -2.47. The second-order valence-corrected chi connectivity index (χ2v) is 5.91. The third-order valence-corrected chi connectivity index (χ3v) is 4.11. The van der Waals surface area contributed by atoms with Crippen molar-refractivity contribution in [1.29, 1.82) is 0 Å². The summed E-state index contributed by atoms with van der Waals surface area (Å²) in [6, 6.07) is 4.90. The van der Waals surface area contributed by atoms with Gasteiger partial charge in [-0.3, -0.25) is 4.79 Å². The zero-order valence-electron chi connectivity index (χ0n) is 9.87. The molecular formula is C12H14BrClN2O2. The molecule has 1 aliphatic heterocycles. The number of nitrogens with two attached hydrogens (primary N) is 1. The van der Waals surface area contributed by atoms with E-state index in [9.17, 15) is 4.79 Å². The molecule has 1 aromatic carbocycles. The van der Waals surface area contributed by atoms with Crippen LogP contribution in [-0.4, -0.2) is 25.2 Å². The number of halogens is 2. The molecule has 3 N–H and O–H groups in total. The molecule has 1 saturated heterocycles. The van der Waals surface area contributed by atoms with Gasteiger partial charge >= 0.3 is 0 Å². The second-order valence-electron chi connectivity index (χ2n) is 4.62. The Morgan fingerprint density at radius 1 is 1.67 bits per heavy atom. The number of ether oxygens (including phenoxy) is 1. The van der Waals surface area contributed by atoms with Crippen LogP contribution in [0.15, 0.2) is 22.7 Å². The molecule has 1 fully saturated rings. The third-order valence-electron chi connectivity index (χ3n) is 3.22.